The molecule has 1 amide bonds. The van der Waals surface area contributed by atoms with Crippen molar-refractivity contribution in [2.45, 2.75) is 31.5 Å². The van der Waals surface area contributed by atoms with Gasteiger partial charge in [-0.25, -0.2) is 0 Å². The largest absolute Gasteiger partial charge is 0.351 e. The Morgan fingerprint density at radius 1 is 1.45 bits per heavy atom. The van der Waals surface area contributed by atoms with Crippen molar-refractivity contribution >= 4 is 5.91 Å². The van der Waals surface area contributed by atoms with Crippen molar-refractivity contribution in [2.75, 3.05) is 27.2 Å². The van der Waals surface area contributed by atoms with Crippen molar-refractivity contribution in [3.05, 3.63) is 18.0 Å². The van der Waals surface area contributed by atoms with E-state index in [2.05, 4.69) is 31.5 Å². The Labute approximate surface area is 130 Å². The topological polar surface area (TPSA) is 74.9 Å². The molecule has 1 aliphatic rings. The number of aromatic nitrogens is 2. The number of carbonyl (C=O) groups is 1. The third kappa shape index (κ3) is 4.40. The lowest BCUT2D eigenvalue weighted by atomic mass is 10.0. The lowest BCUT2D eigenvalue weighted by Gasteiger charge is -2.13. The molecular weight excluding hydrogens is 280 g/mol. The molecular formula is C15H22N6O. The summed E-state index contributed by atoms with van der Waals surface area (Å²) in [6, 6.07) is 1.73. The van der Waals surface area contributed by atoms with Crippen LogP contribution in [0.4, 0.5) is 0 Å². The van der Waals surface area contributed by atoms with Crippen LogP contribution in [0.3, 0.4) is 0 Å². The van der Waals surface area contributed by atoms with E-state index in [0.717, 1.165) is 13.0 Å². The Morgan fingerprint density at radius 3 is 2.86 bits per heavy atom. The van der Waals surface area contributed by atoms with Crippen LogP contribution in [-0.2, 0) is 6.54 Å². The highest BCUT2D eigenvalue weighted by Gasteiger charge is 2.38. The van der Waals surface area contributed by atoms with E-state index in [4.69, 9.17) is 6.42 Å². The third-order valence-electron chi connectivity index (χ3n) is 3.57. The van der Waals surface area contributed by atoms with Gasteiger partial charge >= 0.3 is 0 Å². The molecule has 0 unspecified atom stereocenters. The summed E-state index contributed by atoms with van der Waals surface area (Å²) in [5.41, 5.74) is 0.217. The lowest BCUT2D eigenvalue weighted by molar-refractivity contribution is 0.0940. The van der Waals surface area contributed by atoms with Gasteiger partial charge in [0.25, 0.3) is 5.91 Å². The van der Waals surface area contributed by atoms with Crippen molar-refractivity contribution in [1.82, 2.24) is 20.0 Å². The van der Waals surface area contributed by atoms with Gasteiger partial charge in [-0.2, -0.15) is 15.3 Å². The Bertz CT molecular complexity index is 577. The first-order chi connectivity index (χ1) is 10.6. The van der Waals surface area contributed by atoms with Crippen LogP contribution in [0, 0.1) is 12.3 Å². The monoisotopic (exact) mass is 302 g/mol. The molecule has 0 radical (unpaired) electrons. The summed E-state index contributed by atoms with van der Waals surface area (Å²) in [5.74, 6) is 2.47. The zero-order valence-corrected chi connectivity index (χ0v) is 13.1. The molecule has 0 aromatic carbocycles. The first kappa shape index (κ1) is 16.2. The number of hydrogen-bond acceptors (Lipinski definition) is 5. The van der Waals surface area contributed by atoms with Crippen LogP contribution in [0.5, 0.6) is 0 Å². The van der Waals surface area contributed by atoms with Crippen LogP contribution in [0.15, 0.2) is 22.5 Å². The third-order valence-corrected chi connectivity index (χ3v) is 3.57. The van der Waals surface area contributed by atoms with Crippen molar-refractivity contribution in [2.24, 2.45) is 10.2 Å². The van der Waals surface area contributed by atoms with Crippen LogP contribution < -0.4 is 5.32 Å². The van der Waals surface area contributed by atoms with Crippen LogP contribution in [0.2, 0.25) is 0 Å². The van der Waals surface area contributed by atoms with E-state index in [-0.39, 0.29) is 11.6 Å². The molecule has 2 heterocycles. The van der Waals surface area contributed by atoms with E-state index in [1.807, 2.05) is 14.1 Å². The molecule has 0 spiro atoms. The standard InChI is InChI=1S/C15H22N6O/c1-4-5-7-15(18-19-15)8-10-16-14(22)13-6-9-17-21(13)12-11-20(2)3/h1,6,9H,5,7-8,10-12H2,2-3H3,(H,16,22). The Kier molecular flexibility index (Phi) is 5.28. The summed E-state index contributed by atoms with van der Waals surface area (Å²) in [7, 11) is 3.98. The molecule has 118 valence electrons. The molecule has 1 aromatic rings. The Hall–Kier alpha value is -2.20. The predicted molar refractivity (Wildman–Crippen MR) is 83.4 cm³/mol. The van der Waals surface area contributed by atoms with E-state index >= 15 is 0 Å². The second-order valence-electron chi connectivity index (χ2n) is 5.64. The highest BCUT2D eigenvalue weighted by molar-refractivity contribution is 5.92. The minimum atomic E-state index is -0.356. The zero-order valence-electron chi connectivity index (χ0n) is 13.1. The molecule has 22 heavy (non-hydrogen) atoms. The zero-order chi connectivity index (χ0) is 16.0. The number of nitrogens with zero attached hydrogens (tertiary/aromatic N) is 5. The second kappa shape index (κ2) is 7.18. The minimum absolute atomic E-state index is 0.121. The smallest absolute Gasteiger partial charge is 0.269 e. The SMILES string of the molecule is C#CCCC1(CCNC(=O)c2ccnn2CCN(C)C)N=N1. The Balaban J connectivity index is 1.78. The molecule has 1 aliphatic heterocycles. The predicted octanol–water partition coefficient (Wildman–Crippen LogP) is 1.14. The van der Waals surface area contributed by atoms with Gasteiger partial charge in [0.05, 0.1) is 6.54 Å². The average Bonchev–Trinajstić information content (AvgIpc) is 3.09. The van der Waals surface area contributed by atoms with Gasteiger partial charge in [0.15, 0.2) is 5.66 Å². The summed E-state index contributed by atoms with van der Waals surface area (Å²) in [4.78, 5) is 14.3. The number of rotatable bonds is 9. The number of terminal acetylenes is 1. The molecule has 7 heteroatoms. The molecule has 7 nitrogen and oxygen atoms in total. The highest BCUT2D eigenvalue weighted by atomic mass is 16.2. The maximum absolute atomic E-state index is 12.2. The van der Waals surface area contributed by atoms with Gasteiger partial charge in [-0.1, -0.05) is 0 Å². The first-order valence-electron chi connectivity index (χ1n) is 7.38. The van der Waals surface area contributed by atoms with Gasteiger partial charge in [-0.05, 0) is 20.2 Å². The van der Waals surface area contributed by atoms with Crippen molar-refractivity contribution in [3.8, 4) is 12.3 Å². The summed E-state index contributed by atoms with van der Waals surface area (Å²) in [6.07, 6.45) is 8.99. The van der Waals surface area contributed by atoms with Gasteiger partial charge < -0.3 is 10.2 Å². The molecule has 0 atom stereocenters. The molecule has 2 rings (SSSR count). The number of nitrogens with one attached hydrogen (secondary N) is 1. The quantitative estimate of drug-likeness (QED) is 0.695. The summed E-state index contributed by atoms with van der Waals surface area (Å²) in [6.45, 7) is 2.03. The first-order valence-corrected chi connectivity index (χ1v) is 7.38. The van der Waals surface area contributed by atoms with E-state index in [1.54, 1.807) is 16.9 Å². The second-order valence-corrected chi connectivity index (χ2v) is 5.64. The van der Waals surface area contributed by atoms with E-state index < -0.39 is 0 Å². The van der Waals surface area contributed by atoms with Gasteiger partial charge in [0.1, 0.15) is 5.69 Å². The van der Waals surface area contributed by atoms with E-state index in [1.165, 1.54) is 0 Å². The number of amides is 1. The fourth-order valence-corrected chi connectivity index (χ4v) is 2.13. The highest BCUT2D eigenvalue weighted by Crippen LogP contribution is 2.35. The van der Waals surface area contributed by atoms with Gasteiger partial charge in [0.2, 0.25) is 0 Å². The summed E-state index contributed by atoms with van der Waals surface area (Å²) < 4.78 is 1.72. The van der Waals surface area contributed by atoms with Crippen LogP contribution in [-0.4, -0.2) is 53.4 Å². The maximum atomic E-state index is 12.2. The number of carbonyl (C=O) groups excluding carboxylic acids is 1. The van der Waals surface area contributed by atoms with E-state index in [0.29, 0.717) is 31.6 Å². The van der Waals surface area contributed by atoms with Crippen molar-refractivity contribution in [1.29, 1.82) is 0 Å². The molecule has 0 saturated heterocycles. The normalized spacial score (nSPS) is 14.8. The molecule has 0 saturated carbocycles. The van der Waals surface area contributed by atoms with Gasteiger partial charge in [0, 0.05) is 38.5 Å². The fraction of sp³-hybridized carbons (Fsp3) is 0.600. The van der Waals surface area contributed by atoms with Crippen LogP contribution in [0.1, 0.15) is 29.8 Å². The molecule has 1 aromatic heterocycles. The molecule has 0 bridgehead atoms. The summed E-state index contributed by atoms with van der Waals surface area (Å²) in [5, 5.41) is 15.2. The van der Waals surface area contributed by atoms with Crippen molar-refractivity contribution in [3.63, 3.8) is 0 Å². The lowest BCUT2D eigenvalue weighted by Crippen LogP contribution is -2.31. The van der Waals surface area contributed by atoms with E-state index in [9.17, 15) is 4.79 Å². The van der Waals surface area contributed by atoms with Crippen LogP contribution >= 0.6 is 0 Å². The minimum Gasteiger partial charge on any atom is -0.351 e. The fourth-order valence-electron chi connectivity index (χ4n) is 2.13. The summed E-state index contributed by atoms with van der Waals surface area (Å²) >= 11 is 0. The van der Waals surface area contributed by atoms with Crippen LogP contribution in [0.25, 0.3) is 0 Å². The molecule has 1 N–H and O–H groups in total. The molecule has 0 fully saturated rings. The Morgan fingerprint density at radius 2 is 2.23 bits per heavy atom. The average molecular weight is 302 g/mol. The number of likely N-dealkylation sites (N-methyl/N-ethyl adjacent to an activating group) is 1. The van der Waals surface area contributed by atoms with Gasteiger partial charge in [-0.3, -0.25) is 9.48 Å². The van der Waals surface area contributed by atoms with Crippen molar-refractivity contribution < 1.29 is 4.79 Å². The number of hydrogen-bond donors (Lipinski definition) is 1. The maximum Gasteiger partial charge on any atom is 0.269 e. The molecule has 0 aliphatic carbocycles. The van der Waals surface area contributed by atoms with Gasteiger partial charge in [-0.15, -0.1) is 12.3 Å².